The molecule has 1 atom stereocenters. The van der Waals surface area contributed by atoms with Gasteiger partial charge in [0.15, 0.2) is 5.78 Å². The van der Waals surface area contributed by atoms with Gasteiger partial charge in [0.25, 0.3) is 0 Å². The number of nitrogens with one attached hydrogen (secondary N) is 1. The van der Waals surface area contributed by atoms with E-state index in [1.165, 1.54) is 18.4 Å². The molecule has 0 saturated heterocycles. The first-order chi connectivity index (χ1) is 12.1. The molecule has 0 spiro atoms. The minimum Gasteiger partial charge on any atom is -0.309 e. The second-order valence-electron chi connectivity index (χ2n) is 6.80. The van der Waals surface area contributed by atoms with Gasteiger partial charge in [-0.25, -0.2) is 0 Å². The summed E-state index contributed by atoms with van der Waals surface area (Å²) in [5.74, 6) is 7.22. The average Bonchev–Trinajstić information content (AvgIpc) is 3.44. The average molecular weight is 329 g/mol. The third-order valence-corrected chi connectivity index (χ3v) is 4.44. The summed E-state index contributed by atoms with van der Waals surface area (Å²) >= 11 is 0. The standard InChI is InChI=1S/C23H23NO/c1-17-7-12-19(13-8-17)21(14-11-18-9-10-18)15-22(24)16-23(25)20-5-3-2-4-6-20/h2-8,12-13,18,21,24H,9-10,15-16H2,1H3. The van der Waals surface area contributed by atoms with Crippen LogP contribution in [0.4, 0.5) is 0 Å². The number of ketones is 1. The highest BCUT2D eigenvalue weighted by Crippen LogP contribution is 2.29. The number of carbonyl (C=O) groups excluding carboxylic acids is 1. The van der Waals surface area contributed by atoms with Gasteiger partial charge < -0.3 is 5.41 Å². The molecule has 0 radical (unpaired) electrons. The van der Waals surface area contributed by atoms with Gasteiger partial charge in [0.1, 0.15) is 0 Å². The molecule has 0 heterocycles. The zero-order valence-electron chi connectivity index (χ0n) is 14.6. The van der Waals surface area contributed by atoms with Gasteiger partial charge >= 0.3 is 0 Å². The number of Topliss-reactive ketones (excluding diaryl/α,β-unsaturated/α-hetero) is 1. The molecule has 1 aliphatic carbocycles. The van der Waals surface area contributed by atoms with Crippen LogP contribution in [0.3, 0.4) is 0 Å². The van der Waals surface area contributed by atoms with Crippen LogP contribution in [-0.4, -0.2) is 11.5 Å². The highest BCUT2D eigenvalue weighted by Gasteiger charge is 2.20. The molecule has 2 heteroatoms. The smallest absolute Gasteiger partial charge is 0.168 e. The Labute approximate surface area is 149 Å². The summed E-state index contributed by atoms with van der Waals surface area (Å²) in [4.78, 5) is 12.3. The van der Waals surface area contributed by atoms with Crippen LogP contribution in [0.5, 0.6) is 0 Å². The molecule has 1 N–H and O–H groups in total. The van der Waals surface area contributed by atoms with Crippen molar-refractivity contribution in [2.24, 2.45) is 5.92 Å². The van der Waals surface area contributed by atoms with Crippen molar-refractivity contribution in [2.75, 3.05) is 0 Å². The minimum absolute atomic E-state index is 0.00252. The highest BCUT2D eigenvalue weighted by atomic mass is 16.1. The van der Waals surface area contributed by atoms with Crippen molar-refractivity contribution in [3.63, 3.8) is 0 Å². The lowest BCUT2D eigenvalue weighted by Gasteiger charge is -2.12. The maximum atomic E-state index is 12.3. The summed E-state index contributed by atoms with van der Waals surface area (Å²) in [7, 11) is 0. The fourth-order valence-corrected chi connectivity index (χ4v) is 2.74. The first kappa shape index (κ1) is 17.2. The van der Waals surface area contributed by atoms with Crippen LogP contribution in [0.15, 0.2) is 54.6 Å². The molecule has 2 aromatic carbocycles. The molecule has 2 nitrogen and oxygen atoms in total. The van der Waals surface area contributed by atoms with Gasteiger partial charge in [0.05, 0.1) is 5.92 Å². The molecule has 1 unspecified atom stereocenters. The molecule has 1 fully saturated rings. The lowest BCUT2D eigenvalue weighted by molar-refractivity contribution is 0.1000. The topological polar surface area (TPSA) is 40.9 Å². The van der Waals surface area contributed by atoms with Crippen LogP contribution >= 0.6 is 0 Å². The Bertz CT molecular complexity index is 805. The van der Waals surface area contributed by atoms with Crippen LogP contribution in [0.1, 0.15) is 53.1 Å². The number of hydrogen-bond donors (Lipinski definition) is 1. The fraction of sp³-hybridized carbons (Fsp3) is 0.304. The molecular formula is C23H23NO. The Balaban J connectivity index is 1.69. The van der Waals surface area contributed by atoms with E-state index in [1.54, 1.807) is 12.1 Å². The Kier molecular flexibility index (Phi) is 5.46. The summed E-state index contributed by atoms with van der Waals surface area (Å²) in [6.45, 7) is 2.06. The highest BCUT2D eigenvalue weighted by molar-refractivity contribution is 6.09. The lowest BCUT2D eigenvalue weighted by Crippen LogP contribution is -2.11. The van der Waals surface area contributed by atoms with Gasteiger partial charge in [-0.2, -0.15) is 0 Å². The van der Waals surface area contributed by atoms with Gasteiger partial charge in [0.2, 0.25) is 0 Å². The molecule has 1 aliphatic rings. The van der Waals surface area contributed by atoms with E-state index in [0.29, 0.717) is 23.6 Å². The second kappa shape index (κ2) is 7.94. The summed E-state index contributed by atoms with van der Waals surface area (Å²) in [6.07, 6.45) is 3.06. The van der Waals surface area contributed by atoms with Gasteiger partial charge in [-0.05, 0) is 25.3 Å². The SMILES string of the molecule is Cc1ccc(C(C#CC2CC2)CC(=N)CC(=O)c2ccccc2)cc1. The van der Waals surface area contributed by atoms with E-state index in [-0.39, 0.29) is 18.1 Å². The van der Waals surface area contributed by atoms with Gasteiger partial charge in [-0.3, -0.25) is 4.79 Å². The largest absolute Gasteiger partial charge is 0.309 e. The normalized spacial score (nSPS) is 14.3. The van der Waals surface area contributed by atoms with Crippen molar-refractivity contribution in [1.82, 2.24) is 0 Å². The summed E-state index contributed by atoms with van der Waals surface area (Å²) in [5.41, 5.74) is 3.47. The molecular weight excluding hydrogens is 306 g/mol. The summed E-state index contributed by atoms with van der Waals surface area (Å²) in [5, 5.41) is 8.30. The van der Waals surface area contributed by atoms with Crippen LogP contribution < -0.4 is 0 Å². The van der Waals surface area contributed by atoms with Crippen LogP contribution in [0, 0.1) is 30.1 Å². The van der Waals surface area contributed by atoms with Crippen LogP contribution in [0.25, 0.3) is 0 Å². The van der Waals surface area contributed by atoms with E-state index in [2.05, 4.69) is 43.0 Å². The van der Waals surface area contributed by atoms with Crippen molar-refractivity contribution in [1.29, 1.82) is 5.41 Å². The van der Waals surface area contributed by atoms with Gasteiger partial charge in [-0.15, -0.1) is 0 Å². The lowest BCUT2D eigenvalue weighted by atomic mass is 9.91. The van der Waals surface area contributed by atoms with E-state index < -0.39 is 0 Å². The number of rotatable bonds is 6. The van der Waals surface area contributed by atoms with E-state index in [4.69, 9.17) is 5.41 Å². The first-order valence-corrected chi connectivity index (χ1v) is 8.84. The number of carbonyl (C=O) groups is 1. The molecule has 126 valence electrons. The van der Waals surface area contributed by atoms with Crippen LogP contribution in [0.2, 0.25) is 0 Å². The Hall–Kier alpha value is -2.66. The zero-order valence-corrected chi connectivity index (χ0v) is 14.6. The number of aryl methyl sites for hydroxylation is 1. The van der Waals surface area contributed by atoms with Gasteiger partial charge in [-0.1, -0.05) is 72.0 Å². The quantitative estimate of drug-likeness (QED) is 0.443. The molecule has 0 aromatic heterocycles. The van der Waals surface area contributed by atoms with E-state index >= 15 is 0 Å². The van der Waals surface area contributed by atoms with E-state index in [9.17, 15) is 4.79 Å². The minimum atomic E-state index is -0.00252. The second-order valence-corrected chi connectivity index (χ2v) is 6.80. The Morgan fingerprint density at radius 1 is 1.12 bits per heavy atom. The third-order valence-electron chi connectivity index (χ3n) is 4.44. The summed E-state index contributed by atoms with van der Waals surface area (Å²) in [6, 6.07) is 17.6. The number of hydrogen-bond acceptors (Lipinski definition) is 2. The van der Waals surface area contributed by atoms with E-state index in [1.807, 2.05) is 18.2 Å². The van der Waals surface area contributed by atoms with Crippen molar-refractivity contribution in [3.8, 4) is 11.8 Å². The summed E-state index contributed by atoms with van der Waals surface area (Å²) < 4.78 is 0. The third kappa shape index (κ3) is 5.16. The molecule has 0 amide bonds. The zero-order chi connectivity index (χ0) is 17.6. The molecule has 0 aliphatic heterocycles. The van der Waals surface area contributed by atoms with Crippen molar-refractivity contribution in [2.45, 2.75) is 38.5 Å². The van der Waals surface area contributed by atoms with Crippen LogP contribution in [-0.2, 0) is 0 Å². The molecule has 1 saturated carbocycles. The monoisotopic (exact) mass is 329 g/mol. The predicted molar refractivity (Wildman–Crippen MR) is 102 cm³/mol. The molecule has 25 heavy (non-hydrogen) atoms. The maximum Gasteiger partial charge on any atom is 0.168 e. The van der Waals surface area contributed by atoms with Crippen molar-refractivity contribution < 1.29 is 4.79 Å². The van der Waals surface area contributed by atoms with Crippen molar-refractivity contribution >= 4 is 11.5 Å². The predicted octanol–water partition coefficient (Wildman–Crippen LogP) is 5.17. The Morgan fingerprint density at radius 2 is 1.80 bits per heavy atom. The van der Waals surface area contributed by atoms with Crippen molar-refractivity contribution in [3.05, 3.63) is 71.3 Å². The fourth-order valence-electron chi connectivity index (χ4n) is 2.74. The Morgan fingerprint density at radius 3 is 2.44 bits per heavy atom. The van der Waals surface area contributed by atoms with E-state index in [0.717, 1.165) is 5.56 Å². The van der Waals surface area contributed by atoms with Gasteiger partial charge in [0, 0.05) is 30.0 Å². The molecule has 0 bridgehead atoms. The molecule has 2 aromatic rings. The molecule has 3 rings (SSSR count). The number of benzene rings is 2. The maximum absolute atomic E-state index is 12.3. The first-order valence-electron chi connectivity index (χ1n) is 8.84.